The fraction of sp³-hybridized carbons (Fsp3) is 0.286. The van der Waals surface area contributed by atoms with Crippen LogP contribution in [-0.4, -0.2) is 12.1 Å². The topological polar surface area (TPSA) is 22.1 Å². The Bertz CT molecular complexity index is 237. The molecule has 1 rings (SSSR count). The first kappa shape index (κ1) is 7.78. The van der Waals surface area contributed by atoms with Gasteiger partial charge in [0, 0.05) is 18.0 Å². The van der Waals surface area contributed by atoms with Crippen molar-refractivity contribution in [1.82, 2.24) is 4.98 Å². The number of pyridine rings is 1. The molecule has 0 fully saturated rings. The lowest BCUT2D eigenvalue weighted by atomic mass is 10.4. The number of hydrogen-bond donors (Lipinski definition) is 0. The summed E-state index contributed by atoms with van der Waals surface area (Å²) in [5.74, 6) is 0.896. The zero-order chi connectivity index (χ0) is 7.56. The van der Waals surface area contributed by atoms with Crippen molar-refractivity contribution < 1.29 is 4.74 Å². The summed E-state index contributed by atoms with van der Waals surface area (Å²) in [6, 6.07) is 1.92. The minimum absolute atomic E-state index is 0.896. The van der Waals surface area contributed by atoms with Gasteiger partial charge in [0.25, 0.3) is 0 Å². The Morgan fingerprint density at radius 1 is 1.60 bits per heavy atom. The summed E-state index contributed by atoms with van der Waals surface area (Å²) in [6.45, 7) is 1.94. The van der Waals surface area contributed by atoms with Gasteiger partial charge in [0.05, 0.1) is 10.7 Å². The Labute approximate surface area is 73.8 Å². The summed E-state index contributed by atoms with van der Waals surface area (Å²) >= 11 is 2.19. The molecule has 1 heterocycles. The highest BCUT2D eigenvalue weighted by Crippen LogP contribution is 2.19. The van der Waals surface area contributed by atoms with Gasteiger partial charge >= 0.3 is 0 Å². The van der Waals surface area contributed by atoms with Crippen LogP contribution in [0, 0.1) is 10.5 Å². The van der Waals surface area contributed by atoms with Crippen LogP contribution in [0.5, 0.6) is 5.75 Å². The van der Waals surface area contributed by atoms with Gasteiger partial charge in [-0.3, -0.25) is 4.98 Å². The van der Waals surface area contributed by atoms with Crippen LogP contribution in [0.1, 0.15) is 5.69 Å². The Hall–Kier alpha value is -0.320. The highest BCUT2D eigenvalue weighted by molar-refractivity contribution is 14.1. The zero-order valence-corrected chi connectivity index (χ0v) is 8.05. The standard InChI is InChI=1S/C7H8INO/c1-5-3-7(10-2)6(8)4-9-5/h3-4H,1-2H3. The average molecular weight is 249 g/mol. The summed E-state index contributed by atoms with van der Waals surface area (Å²) in [6.07, 6.45) is 1.80. The third kappa shape index (κ3) is 1.59. The maximum atomic E-state index is 5.08. The van der Waals surface area contributed by atoms with E-state index in [0.29, 0.717) is 0 Å². The molecule has 54 valence electrons. The van der Waals surface area contributed by atoms with E-state index in [-0.39, 0.29) is 0 Å². The van der Waals surface area contributed by atoms with Gasteiger partial charge in [-0.05, 0) is 29.5 Å². The lowest BCUT2D eigenvalue weighted by molar-refractivity contribution is 0.410. The number of rotatable bonds is 1. The number of aryl methyl sites for hydroxylation is 1. The highest BCUT2D eigenvalue weighted by Gasteiger charge is 1.97. The zero-order valence-electron chi connectivity index (χ0n) is 5.89. The number of halogens is 1. The van der Waals surface area contributed by atoms with E-state index in [4.69, 9.17) is 4.74 Å². The number of aromatic nitrogens is 1. The largest absolute Gasteiger partial charge is 0.496 e. The van der Waals surface area contributed by atoms with Gasteiger partial charge in [0.2, 0.25) is 0 Å². The van der Waals surface area contributed by atoms with Crippen LogP contribution >= 0.6 is 22.6 Å². The first-order valence-corrected chi connectivity index (χ1v) is 3.98. The van der Waals surface area contributed by atoms with Crippen LogP contribution in [0.2, 0.25) is 0 Å². The molecule has 0 saturated carbocycles. The molecule has 0 radical (unpaired) electrons. The molecule has 0 unspecified atom stereocenters. The molecule has 0 atom stereocenters. The highest BCUT2D eigenvalue weighted by atomic mass is 127. The van der Waals surface area contributed by atoms with Crippen LogP contribution in [0.25, 0.3) is 0 Å². The van der Waals surface area contributed by atoms with E-state index in [1.165, 1.54) is 0 Å². The maximum Gasteiger partial charge on any atom is 0.135 e. The van der Waals surface area contributed by atoms with Crippen LogP contribution in [0.4, 0.5) is 0 Å². The van der Waals surface area contributed by atoms with Crippen LogP contribution < -0.4 is 4.74 Å². The molecular weight excluding hydrogens is 241 g/mol. The molecule has 3 heteroatoms. The first-order chi connectivity index (χ1) is 4.74. The summed E-state index contributed by atoms with van der Waals surface area (Å²) in [5.41, 5.74) is 0.984. The molecule has 0 aromatic carbocycles. The van der Waals surface area contributed by atoms with Crippen molar-refractivity contribution >= 4 is 22.6 Å². The minimum Gasteiger partial charge on any atom is -0.496 e. The fourth-order valence-electron chi connectivity index (χ4n) is 0.674. The quantitative estimate of drug-likeness (QED) is 0.710. The molecule has 0 amide bonds. The smallest absolute Gasteiger partial charge is 0.135 e. The Kier molecular flexibility index (Phi) is 2.48. The monoisotopic (exact) mass is 249 g/mol. The summed E-state index contributed by atoms with van der Waals surface area (Å²) < 4.78 is 6.13. The summed E-state index contributed by atoms with van der Waals surface area (Å²) in [4.78, 5) is 4.10. The molecule has 2 nitrogen and oxygen atoms in total. The molecule has 1 aromatic rings. The van der Waals surface area contributed by atoms with Crippen molar-refractivity contribution in [3.63, 3.8) is 0 Å². The lowest BCUT2D eigenvalue weighted by Crippen LogP contribution is -1.89. The molecule has 0 aliphatic heterocycles. The van der Waals surface area contributed by atoms with Crippen LogP contribution in [0.15, 0.2) is 12.3 Å². The fourth-order valence-corrected chi connectivity index (χ4v) is 1.19. The molecule has 0 bridgehead atoms. The van der Waals surface area contributed by atoms with Crippen molar-refractivity contribution in [3.8, 4) is 5.75 Å². The predicted molar refractivity (Wildman–Crippen MR) is 48.2 cm³/mol. The molecule has 0 aliphatic carbocycles. The summed E-state index contributed by atoms with van der Waals surface area (Å²) in [5, 5.41) is 0. The van der Waals surface area contributed by atoms with E-state index < -0.39 is 0 Å². The number of hydrogen-bond acceptors (Lipinski definition) is 2. The second-order valence-electron chi connectivity index (χ2n) is 1.96. The van der Waals surface area contributed by atoms with Gasteiger partial charge in [0.15, 0.2) is 0 Å². The summed E-state index contributed by atoms with van der Waals surface area (Å²) in [7, 11) is 1.66. The van der Waals surface area contributed by atoms with E-state index >= 15 is 0 Å². The normalized spacial score (nSPS) is 9.50. The molecule has 0 saturated heterocycles. The number of methoxy groups -OCH3 is 1. The third-order valence-electron chi connectivity index (χ3n) is 1.18. The Morgan fingerprint density at radius 3 is 2.80 bits per heavy atom. The molecule has 0 N–H and O–H groups in total. The molecule has 0 aliphatic rings. The van der Waals surface area contributed by atoms with E-state index in [1.807, 2.05) is 13.0 Å². The Balaban J connectivity index is 3.09. The maximum absolute atomic E-state index is 5.08. The van der Waals surface area contributed by atoms with Gasteiger partial charge in [-0.15, -0.1) is 0 Å². The van der Waals surface area contributed by atoms with E-state index in [2.05, 4.69) is 27.6 Å². The van der Waals surface area contributed by atoms with Crippen molar-refractivity contribution in [1.29, 1.82) is 0 Å². The van der Waals surface area contributed by atoms with Gasteiger partial charge in [-0.25, -0.2) is 0 Å². The number of nitrogens with zero attached hydrogens (tertiary/aromatic N) is 1. The molecule has 10 heavy (non-hydrogen) atoms. The molecule has 1 aromatic heterocycles. The van der Waals surface area contributed by atoms with Gasteiger partial charge in [0.1, 0.15) is 5.75 Å². The van der Waals surface area contributed by atoms with Gasteiger partial charge < -0.3 is 4.74 Å². The van der Waals surface area contributed by atoms with E-state index in [0.717, 1.165) is 15.0 Å². The second-order valence-corrected chi connectivity index (χ2v) is 3.12. The van der Waals surface area contributed by atoms with Gasteiger partial charge in [-0.1, -0.05) is 0 Å². The van der Waals surface area contributed by atoms with Crippen molar-refractivity contribution in [2.24, 2.45) is 0 Å². The minimum atomic E-state index is 0.896. The molecule has 0 spiro atoms. The van der Waals surface area contributed by atoms with Crippen molar-refractivity contribution in [3.05, 3.63) is 21.5 Å². The first-order valence-electron chi connectivity index (χ1n) is 2.90. The van der Waals surface area contributed by atoms with Crippen LogP contribution in [-0.2, 0) is 0 Å². The van der Waals surface area contributed by atoms with Crippen molar-refractivity contribution in [2.75, 3.05) is 7.11 Å². The second kappa shape index (κ2) is 3.18. The average Bonchev–Trinajstić information content (AvgIpc) is 1.94. The predicted octanol–water partition coefficient (Wildman–Crippen LogP) is 2.00. The van der Waals surface area contributed by atoms with Crippen LogP contribution in [0.3, 0.4) is 0 Å². The molecular formula is C7H8INO. The Morgan fingerprint density at radius 2 is 2.30 bits per heavy atom. The van der Waals surface area contributed by atoms with Crippen molar-refractivity contribution in [2.45, 2.75) is 6.92 Å². The SMILES string of the molecule is COc1cc(C)ncc1I. The van der Waals surface area contributed by atoms with Gasteiger partial charge in [-0.2, -0.15) is 0 Å². The lowest BCUT2D eigenvalue weighted by Gasteiger charge is -2.01. The van der Waals surface area contributed by atoms with E-state index in [9.17, 15) is 0 Å². The number of ether oxygens (including phenoxy) is 1. The third-order valence-corrected chi connectivity index (χ3v) is 1.99. The van der Waals surface area contributed by atoms with E-state index in [1.54, 1.807) is 13.3 Å².